The Kier molecular flexibility index (Phi) is 6.27. The number of nitrogens with zero attached hydrogens (tertiary/aromatic N) is 2. The van der Waals surface area contributed by atoms with Gasteiger partial charge in [-0.1, -0.05) is 36.4 Å². The van der Waals surface area contributed by atoms with E-state index in [0.717, 1.165) is 0 Å². The Morgan fingerprint density at radius 2 is 1.79 bits per heavy atom. The lowest BCUT2D eigenvalue weighted by molar-refractivity contribution is 0.0977. The van der Waals surface area contributed by atoms with E-state index in [4.69, 9.17) is 4.74 Å². The van der Waals surface area contributed by atoms with Gasteiger partial charge in [-0.2, -0.15) is 4.99 Å². The average molecular weight is 377 g/mol. The van der Waals surface area contributed by atoms with Crippen molar-refractivity contribution in [3.8, 4) is 0 Å². The molecule has 3 N–H and O–H groups in total. The Labute approximate surface area is 161 Å². The van der Waals surface area contributed by atoms with Crippen molar-refractivity contribution in [3.05, 3.63) is 88.3 Å². The van der Waals surface area contributed by atoms with Crippen LogP contribution in [0.3, 0.4) is 0 Å². The van der Waals surface area contributed by atoms with Gasteiger partial charge in [0.05, 0.1) is 12.3 Å². The molecule has 3 aromatic rings. The molecule has 3 rings (SSSR count). The molecule has 0 unspecified atom stereocenters. The highest BCUT2D eigenvalue weighted by atomic mass is 16.5. The highest BCUT2D eigenvalue weighted by molar-refractivity contribution is 6.10. The standard InChI is InChI=1S/C20H19N5O3/c1-28-13-16-12-17(26)23-19(22-16)25-20(21-15-10-6-3-7-11-15)24-18(27)14-8-4-2-5-9-14/h2-12H,13H2,1H3,(H3,21,22,23,24,25,26,27). The Morgan fingerprint density at radius 1 is 1.11 bits per heavy atom. The number of aliphatic imine (C=N–C) groups is 1. The highest BCUT2D eigenvalue weighted by Crippen LogP contribution is 2.08. The van der Waals surface area contributed by atoms with E-state index in [-0.39, 0.29) is 30.0 Å². The van der Waals surface area contributed by atoms with Gasteiger partial charge < -0.3 is 10.1 Å². The molecule has 1 aromatic heterocycles. The van der Waals surface area contributed by atoms with Crippen LogP contribution >= 0.6 is 0 Å². The van der Waals surface area contributed by atoms with Crippen LogP contribution in [0.5, 0.6) is 0 Å². The lowest BCUT2D eigenvalue weighted by Crippen LogP contribution is -2.36. The Morgan fingerprint density at radius 3 is 2.46 bits per heavy atom. The molecule has 0 saturated heterocycles. The summed E-state index contributed by atoms with van der Waals surface area (Å²) in [5.74, 6) is -0.178. The second-order valence-electron chi connectivity index (χ2n) is 5.76. The van der Waals surface area contributed by atoms with E-state index in [2.05, 4.69) is 25.6 Å². The van der Waals surface area contributed by atoms with Gasteiger partial charge in [-0.05, 0) is 24.3 Å². The minimum atomic E-state index is -0.366. The molecule has 0 radical (unpaired) electrons. The molecule has 142 valence electrons. The molecule has 1 heterocycles. The molecule has 0 bridgehead atoms. The van der Waals surface area contributed by atoms with E-state index >= 15 is 0 Å². The molecule has 2 aromatic carbocycles. The molecular formula is C20H19N5O3. The summed E-state index contributed by atoms with van der Waals surface area (Å²) < 4.78 is 5.01. The van der Waals surface area contributed by atoms with Gasteiger partial charge in [0.2, 0.25) is 11.9 Å². The first-order valence-electron chi connectivity index (χ1n) is 8.50. The van der Waals surface area contributed by atoms with Crippen LogP contribution < -0.4 is 16.2 Å². The summed E-state index contributed by atoms with van der Waals surface area (Å²) in [6.45, 7) is 0.171. The molecular weight excluding hydrogens is 358 g/mol. The second kappa shape index (κ2) is 9.24. The number of para-hydroxylation sites is 1. The van der Waals surface area contributed by atoms with Gasteiger partial charge in [0.1, 0.15) is 0 Å². The molecule has 0 aliphatic heterocycles. The number of methoxy groups -OCH3 is 1. The SMILES string of the molecule is COCc1cc(=O)[nH]c(N=C(NC(=O)c2ccccc2)Nc2ccccc2)n1. The normalized spacial score (nSPS) is 11.1. The van der Waals surface area contributed by atoms with Crippen LogP contribution in [0.25, 0.3) is 0 Å². The summed E-state index contributed by atoms with van der Waals surface area (Å²) >= 11 is 0. The smallest absolute Gasteiger partial charge is 0.257 e. The molecule has 0 spiro atoms. The van der Waals surface area contributed by atoms with E-state index < -0.39 is 0 Å². The van der Waals surface area contributed by atoms with E-state index in [1.807, 2.05) is 36.4 Å². The van der Waals surface area contributed by atoms with Gasteiger partial charge in [0, 0.05) is 24.4 Å². The summed E-state index contributed by atoms with van der Waals surface area (Å²) in [6, 6.07) is 19.3. The number of guanidine groups is 1. The van der Waals surface area contributed by atoms with Gasteiger partial charge in [0.25, 0.3) is 11.5 Å². The van der Waals surface area contributed by atoms with Crippen LogP contribution in [0, 0.1) is 0 Å². The summed E-state index contributed by atoms with van der Waals surface area (Å²) in [6.07, 6.45) is 0. The minimum absolute atomic E-state index is 0.0475. The fraction of sp³-hybridized carbons (Fsp3) is 0.100. The molecule has 0 aliphatic carbocycles. The van der Waals surface area contributed by atoms with Crippen molar-refractivity contribution >= 4 is 23.5 Å². The summed E-state index contributed by atoms with van der Waals surface area (Å²) in [7, 11) is 1.51. The zero-order chi connectivity index (χ0) is 19.8. The first-order valence-corrected chi connectivity index (χ1v) is 8.50. The summed E-state index contributed by atoms with van der Waals surface area (Å²) in [4.78, 5) is 35.4. The van der Waals surface area contributed by atoms with E-state index in [0.29, 0.717) is 16.9 Å². The van der Waals surface area contributed by atoms with Crippen molar-refractivity contribution in [1.29, 1.82) is 0 Å². The molecule has 0 aliphatic rings. The predicted molar refractivity (Wildman–Crippen MR) is 107 cm³/mol. The number of ether oxygens (including phenoxy) is 1. The maximum atomic E-state index is 12.5. The van der Waals surface area contributed by atoms with Crippen LogP contribution in [-0.4, -0.2) is 28.9 Å². The number of carbonyl (C=O) groups excluding carboxylic acids is 1. The second-order valence-corrected chi connectivity index (χ2v) is 5.76. The van der Waals surface area contributed by atoms with Crippen LogP contribution in [0.2, 0.25) is 0 Å². The van der Waals surface area contributed by atoms with Gasteiger partial charge in [-0.3, -0.25) is 19.9 Å². The van der Waals surface area contributed by atoms with Crippen molar-refractivity contribution in [2.24, 2.45) is 4.99 Å². The number of hydrogen-bond donors (Lipinski definition) is 3. The van der Waals surface area contributed by atoms with Gasteiger partial charge >= 0.3 is 0 Å². The zero-order valence-corrected chi connectivity index (χ0v) is 15.2. The van der Waals surface area contributed by atoms with Crippen LogP contribution in [-0.2, 0) is 11.3 Å². The number of nitrogens with one attached hydrogen (secondary N) is 3. The number of benzene rings is 2. The number of aromatic amines is 1. The maximum Gasteiger partial charge on any atom is 0.257 e. The quantitative estimate of drug-likeness (QED) is 0.467. The Bertz CT molecular complexity index is 1020. The summed E-state index contributed by atoms with van der Waals surface area (Å²) in [5, 5.41) is 5.73. The average Bonchev–Trinajstić information content (AvgIpc) is 2.69. The van der Waals surface area contributed by atoms with Crippen LogP contribution in [0.15, 0.2) is 76.5 Å². The third kappa shape index (κ3) is 5.36. The van der Waals surface area contributed by atoms with Crippen molar-refractivity contribution in [2.45, 2.75) is 6.61 Å². The maximum absolute atomic E-state index is 12.5. The number of aromatic nitrogens is 2. The lowest BCUT2D eigenvalue weighted by atomic mass is 10.2. The van der Waals surface area contributed by atoms with E-state index in [9.17, 15) is 9.59 Å². The molecule has 0 fully saturated rings. The first-order chi connectivity index (χ1) is 13.6. The van der Waals surface area contributed by atoms with Gasteiger partial charge in [-0.15, -0.1) is 0 Å². The fourth-order valence-corrected chi connectivity index (χ4v) is 2.39. The topological polar surface area (TPSA) is 108 Å². The molecule has 1 amide bonds. The molecule has 8 heteroatoms. The number of hydrogen-bond acceptors (Lipinski definition) is 5. The molecule has 0 saturated carbocycles. The monoisotopic (exact) mass is 377 g/mol. The summed E-state index contributed by atoms with van der Waals surface area (Å²) in [5.41, 5.74) is 1.25. The first kappa shape index (κ1) is 19.0. The van der Waals surface area contributed by atoms with Gasteiger partial charge in [0.15, 0.2) is 0 Å². The number of carbonyl (C=O) groups is 1. The minimum Gasteiger partial charge on any atom is -0.378 e. The van der Waals surface area contributed by atoms with Crippen molar-refractivity contribution < 1.29 is 9.53 Å². The van der Waals surface area contributed by atoms with Crippen molar-refractivity contribution in [2.75, 3.05) is 12.4 Å². The van der Waals surface area contributed by atoms with Crippen LogP contribution in [0.1, 0.15) is 16.1 Å². The van der Waals surface area contributed by atoms with Crippen molar-refractivity contribution in [1.82, 2.24) is 15.3 Å². The number of anilines is 1. The van der Waals surface area contributed by atoms with Gasteiger partial charge in [-0.25, -0.2) is 4.98 Å². The van der Waals surface area contributed by atoms with E-state index in [1.54, 1.807) is 24.3 Å². The molecule has 28 heavy (non-hydrogen) atoms. The third-order valence-corrected chi connectivity index (χ3v) is 3.60. The van der Waals surface area contributed by atoms with Crippen molar-refractivity contribution in [3.63, 3.8) is 0 Å². The third-order valence-electron chi connectivity index (χ3n) is 3.60. The zero-order valence-electron chi connectivity index (χ0n) is 15.2. The van der Waals surface area contributed by atoms with E-state index in [1.165, 1.54) is 13.2 Å². The fourth-order valence-electron chi connectivity index (χ4n) is 2.39. The molecule has 8 nitrogen and oxygen atoms in total. The lowest BCUT2D eigenvalue weighted by Gasteiger charge is -2.11. The predicted octanol–water partition coefficient (Wildman–Crippen LogP) is 2.45. The number of rotatable bonds is 5. The number of H-pyrrole nitrogens is 1. The molecule has 0 atom stereocenters. The number of amides is 1. The highest BCUT2D eigenvalue weighted by Gasteiger charge is 2.10. The van der Waals surface area contributed by atoms with Crippen LogP contribution in [0.4, 0.5) is 11.6 Å². The largest absolute Gasteiger partial charge is 0.378 e. The Hall–Kier alpha value is -3.78. The Balaban J connectivity index is 1.92.